The van der Waals surface area contributed by atoms with Crippen LogP contribution in [0.15, 0.2) is 43.1 Å². The van der Waals surface area contributed by atoms with Crippen LogP contribution in [0.4, 0.5) is 5.82 Å². The summed E-state index contributed by atoms with van der Waals surface area (Å²) < 4.78 is 3.62. The Morgan fingerprint density at radius 3 is 2.96 bits per heavy atom. The van der Waals surface area contributed by atoms with Gasteiger partial charge in [-0.1, -0.05) is 0 Å². The summed E-state index contributed by atoms with van der Waals surface area (Å²) in [6, 6.07) is 2.30. The number of hydrogen-bond acceptors (Lipinski definition) is 6. The molecule has 4 rings (SSSR count). The zero-order valence-electron chi connectivity index (χ0n) is 15.3. The van der Waals surface area contributed by atoms with Gasteiger partial charge in [0.2, 0.25) is 0 Å². The summed E-state index contributed by atoms with van der Waals surface area (Å²) in [4.78, 5) is 17.6. The standard InChI is InChI=1S/C19H23N7O/c1-24-13-15(12-21-24)17-14-26-18(5-7-20-26)19(23-17)22-16-4-2-8-25(10-6-16)9-3-11-27/h3,5,7,9,11-14,16H,2,4,6,8,10H2,1H3,(H,22,23)/b9-3+. The second-order valence-corrected chi connectivity index (χ2v) is 6.82. The quantitative estimate of drug-likeness (QED) is 0.551. The second-order valence-electron chi connectivity index (χ2n) is 6.82. The lowest BCUT2D eigenvalue weighted by Crippen LogP contribution is -2.23. The molecule has 1 aliphatic rings. The third-order valence-corrected chi connectivity index (χ3v) is 4.87. The smallest absolute Gasteiger partial charge is 0.153 e. The number of hydrogen-bond donors (Lipinski definition) is 1. The summed E-state index contributed by atoms with van der Waals surface area (Å²) in [5.74, 6) is 0.843. The maximum atomic E-state index is 10.5. The largest absolute Gasteiger partial charge is 0.377 e. The van der Waals surface area contributed by atoms with Crippen molar-refractivity contribution in [3.63, 3.8) is 0 Å². The van der Waals surface area contributed by atoms with E-state index in [-0.39, 0.29) is 0 Å². The van der Waals surface area contributed by atoms with Gasteiger partial charge in [-0.2, -0.15) is 10.2 Å². The Kier molecular flexibility index (Phi) is 4.86. The van der Waals surface area contributed by atoms with E-state index in [1.807, 2.05) is 42.4 Å². The van der Waals surface area contributed by atoms with Crippen molar-refractivity contribution in [2.45, 2.75) is 25.3 Å². The van der Waals surface area contributed by atoms with E-state index in [0.29, 0.717) is 6.04 Å². The predicted molar refractivity (Wildman–Crippen MR) is 103 cm³/mol. The minimum absolute atomic E-state index is 0.329. The fourth-order valence-corrected chi connectivity index (χ4v) is 3.49. The predicted octanol–water partition coefficient (Wildman–Crippen LogP) is 2.11. The first-order valence-electron chi connectivity index (χ1n) is 9.19. The molecule has 1 unspecified atom stereocenters. The number of nitrogens with one attached hydrogen (secondary N) is 1. The van der Waals surface area contributed by atoms with Crippen molar-refractivity contribution < 1.29 is 4.79 Å². The summed E-state index contributed by atoms with van der Waals surface area (Å²) in [6.07, 6.45) is 14.9. The number of aryl methyl sites for hydroxylation is 1. The fraction of sp³-hybridized carbons (Fsp3) is 0.368. The summed E-state index contributed by atoms with van der Waals surface area (Å²) in [7, 11) is 1.89. The van der Waals surface area contributed by atoms with Crippen molar-refractivity contribution in [1.29, 1.82) is 0 Å². The van der Waals surface area contributed by atoms with E-state index in [0.717, 1.165) is 61.2 Å². The molecule has 0 saturated carbocycles. The maximum absolute atomic E-state index is 10.5. The van der Waals surface area contributed by atoms with Gasteiger partial charge < -0.3 is 10.2 Å². The summed E-state index contributed by atoms with van der Waals surface area (Å²) in [6.45, 7) is 1.88. The molecule has 8 heteroatoms. The third-order valence-electron chi connectivity index (χ3n) is 4.87. The van der Waals surface area contributed by atoms with Gasteiger partial charge in [0, 0.05) is 44.1 Å². The Labute approximate surface area is 157 Å². The molecular formula is C19H23N7O. The second kappa shape index (κ2) is 7.61. The Morgan fingerprint density at radius 1 is 1.22 bits per heavy atom. The first-order chi connectivity index (χ1) is 13.2. The lowest BCUT2D eigenvalue weighted by molar-refractivity contribution is -0.104. The number of carbonyl (C=O) groups excluding carboxylic acids is 1. The first-order valence-corrected chi connectivity index (χ1v) is 9.19. The van der Waals surface area contributed by atoms with E-state index in [1.165, 1.54) is 0 Å². The summed E-state index contributed by atoms with van der Waals surface area (Å²) in [5.41, 5.74) is 2.76. The van der Waals surface area contributed by atoms with Crippen LogP contribution in [0.3, 0.4) is 0 Å². The molecule has 0 bridgehead atoms. The normalized spacial score (nSPS) is 18.1. The molecule has 1 fully saturated rings. The van der Waals surface area contributed by atoms with Crippen LogP contribution in [-0.2, 0) is 11.8 Å². The molecule has 3 aromatic heterocycles. The van der Waals surface area contributed by atoms with Crippen LogP contribution in [0.1, 0.15) is 19.3 Å². The van der Waals surface area contributed by atoms with Gasteiger partial charge in [0.15, 0.2) is 5.82 Å². The van der Waals surface area contributed by atoms with Crippen molar-refractivity contribution in [2.75, 3.05) is 18.4 Å². The Bertz CT molecular complexity index is 958. The average Bonchev–Trinajstić information content (AvgIpc) is 3.26. The van der Waals surface area contributed by atoms with Gasteiger partial charge >= 0.3 is 0 Å². The summed E-state index contributed by atoms with van der Waals surface area (Å²) >= 11 is 0. The van der Waals surface area contributed by atoms with Crippen molar-refractivity contribution in [2.24, 2.45) is 7.05 Å². The lowest BCUT2D eigenvalue weighted by Gasteiger charge is -2.19. The molecule has 140 valence electrons. The van der Waals surface area contributed by atoms with Crippen molar-refractivity contribution in [1.82, 2.24) is 29.3 Å². The molecule has 1 N–H and O–H groups in total. The molecule has 1 saturated heterocycles. The molecule has 3 aromatic rings. The number of likely N-dealkylation sites (tertiary alicyclic amines) is 1. The average molecular weight is 365 g/mol. The van der Waals surface area contributed by atoms with Gasteiger partial charge in [-0.3, -0.25) is 9.48 Å². The lowest BCUT2D eigenvalue weighted by atomic mass is 10.1. The fourth-order valence-electron chi connectivity index (χ4n) is 3.49. The molecule has 0 radical (unpaired) electrons. The maximum Gasteiger partial charge on any atom is 0.153 e. The highest BCUT2D eigenvalue weighted by molar-refractivity contribution is 5.71. The minimum Gasteiger partial charge on any atom is -0.377 e. The van der Waals surface area contributed by atoms with Gasteiger partial charge in [0.1, 0.15) is 11.8 Å². The minimum atomic E-state index is 0.329. The highest BCUT2D eigenvalue weighted by Crippen LogP contribution is 2.24. The van der Waals surface area contributed by atoms with Crippen molar-refractivity contribution in [3.05, 3.63) is 43.1 Å². The number of carbonyl (C=O) groups is 1. The zero-order valence-corrected chi connectivity index (χ0v) is 15.3. The molecule has 0 aliphatic carbocycles. The Hall–Kier alpha value is -3.16. The monoisotopic (exact) mass is 365 g/mol. The van der Waals surface area contributed by atoms with E-state index < -0.39 is 0 Å². The Morgan fingerprint density at radius 2 is 2.15 bits per heavy atom. The number of anilines is 1. The number of aromatic nitrogens is 5. The molecule has 27 heavy (non-hydrogen) atoms. The van der Waals surface area contributed by atoms with Crippen LogP contribution in [0.2, 0.25) is 0 Å². The number of fused-ring (bicyclic) bond motifs is 1. The molecule has 4 heterocycles. The highest BCUT2D eigenvalue weighted by Gasteiger charge is 2.18. The highest BCUT2D eigenvalue weighted by atomic mass is 16.1. The van der Waals surface area contributed by atoms with Crippen LogP contribution >= 0.6 is 0 Å². The van der Waals surface area contributed by atoms with E-state index in [9.17, 15) is 4.79 Å². The number of nitrogens with zero attached hydrogens (tertiary/aromatic N) is 6. The van der Waals surface area contributed by atoms with E-state index in [4.69, 9.17) is 4.98 Å². The summed E-state index contributed by atoms with van der Waals surface area (Å²) in [5, 5.41) is 12.3. The van der Waals surface area contributed by atoms with E-state index in [2.05, 4.69) is 20.4 Å². The van der Waals surface area contributed by atoms with E-state index >= 15 is 0 Å². The molecular weight excluding hydrogens is 342 g/mol. The molecule has 1 atom stereocenters. The topological polar surface area (TPSA) is 80.4 Å². The van der Waals surface area contributed by atoms with Crippen LogP contribution in [0, 0.1) is 0 Å². The van der Waals surface area contributed by atoms with Gasteiger partial charge in [-0.25, -0.2) is 9.50 Å². The van der Waals surface area contributed by atoms with Gasteiger partial charge in [-0.15, -0.1) is 0 Å². The molecule has 8 nitrogen and oxygen atoms in total. The van der Waals surface area contributed by atoms with Gasteiger partial charge in [0.25, 0.3) is 0 Å². The van der Waals surface area contributed by atoms with Crippen molar-refractivity contribution >= 4 is 17.6 Å². The van der Waals surface area contributed by atoms with Crippen LogP contribution in [-0.4, -0.2) is 54.7 Å². The number of allylic oxidation sites excluding steroid dienone is 1. The SMILES string of the molecule is Cn1cc(-c2cn3nccc3c(NC3CCCN(/C=C/C=O)CC3)n2)cn1. The van der Waals surface area contributed by atoms with E-state index in [1.54, 1.807) is 17.0 Å². The number of rotatable bonds is 5. The molecule has 1 aliphatic heterocycles. The van der Waals surface area contributed by atoms with Gasteiger partial charge in [0.05, 0.1) is 24.3 Å². The van der Waals surface area contributed by atoms with Crippen LogP contribution in [0.5, 0.6) is 0 Å². The van der Waals surface area contributed by atoms with Gasteiger partial charge in [-0.05, 0) is 31.4 Å². The van der Waals surface area contributed by atoms with Crippen LogP contribution in [0.25, 0.3) is 16.8 Å². The van der Waals surface area contributed by atoms with Crippen molar-refractivity contribution in [3.8, 4) is 11.3 Å². The van der Waals surface area contributed by atoms with Crippen LogP contribution < -0.4 is 5.32 Å². The Balaban J connectivity index is 1.57. The molecule has 0 amide bonds. The molecule has 0 spiro atoms. The number of aldehydes is 1. The third kappa shape index (κ3) is 3.84. The molecule has 0 aromatic carbocycles. The first kappa shape index (κ1) is 17.3. The zero-order chi connectivity index (χ0) is 18.6.